The maximum Gasteiger partial charge on any atom is 0.211 e. The van der Waals surface area contributed by atoms with Gasteiger partial charge >= 0.3 is 0 Å². The molecule has 166 valence electrons. The molecule has 0 saturated heterocycles. The molecule has 0 radical (unpaired) electrons. The van der Waals surface area contributed by atoms with E-state index >= 15 is 0 Å². The van der Waals surface area contributed by atoms with E-state index in [1.807, 2.05) is 0 Å². The van der Waals surface area contributed by atoms with Crippen molar-refractivity contribution in [3.8, 4) is 0 Å². The van der Waals surface area contributed by atoms with Gasteiger partial charge in [0.15, 0.2) is 24.8 Å². The summed E-state index contributed by atoms with van der Waals surface area (Å²) in [6.45, 7) is 4.41. The molecule has 0 saturated carbocycles. The van der Waals surface area contributed by atoms with Gasteiger partial charge in [-0.05, 0) is 68.7 Å². The second-order valence-corrected chi connectivity index (χ2v) is 10.4. The van der Waals surface area contributed by atoms with Crippen LogP contribution in [0.15, 0.2) is 49.1 Å². The van der Waals surface area contributed by atoms with Crippen molar-refractivity contribution in [2.45, 2.75) is 101 Å². The standard InChI is InChI=1S/C26H40Br2N2/c1-3-23-15-19-29(20-16-23)25(27)13-11-9-7-5-6-8-10-12-14-26(28)30-21-17-24(4-2)18-22-30/h15-22,25-26H,3-14H2,1-2H3/q+2. The van der Waals surface area contributed by atoms with Gasteiger partial charge < -0.3 is 0 Å². The summed E-state index contributed by atoms with van der Waals surface area (Å²) < 4.78 is 4.57. The highest BCUT2D eigenvalue weighted by Gasteiger charge is 2.14. The van der Waals surface area contributed by atoms with Crippen molar-refractivity contribution in [2.24, 2.45) is 0 Å². The number of aryl methyl sites for hydroxylation is 2. The van der Waals surface area contributed by atoms with Crippen LogP contribution < -0.4 is 9.13 Å². The lowest BCUT2D eigenvalue weighted by molar-refractivity contribution is -0.698. The number of halogens is 2. The van der Waals surface area contributed by atoms with Crippen LogP contribution >= 0.6 is 31.9 Å². The van der Waals surface area contributed by atoms with Crippen molar-refractivity contribution < 1.29 is 9.13 Å². The number of hydrogen-bond acceptors (Lipinski definition) is 0. The number of hydrogen-bond donors (Lipinski definition) is 0. The highest BCUT2D eigenvalue weighted by atomic mass is 79.9. The molecule has 2 aromatic rings. The highest BCUT2D eigenvalue weighted by molar-refractivity contribution is 9.09. The minimum Gasteiger partial charge on any atom is -0.192 e. The van der Waals surface area contributed by atoms with Crippen molar-refractivity contribution in [2.75, 3.05) is 0 Å². The van der Waals surface area contributed by atoms with E-state index in [1.54, 1.807) is 0 Å². The predicted molar refractivity (Wildman–Crippen MR) is 134 cm³/mol. The molecule has 2 unspecified atom stereocenters. The number of pyridine rings is 2. The van der Waals surface area contributed by atoms with Crippen LogP contribution in [0.5, 0.6) is 0 Å². The van der Waals surface area contributed by atoms with Gasteiger partial charge in [-0.2, -0.15) is 9.13 Å². The van der Waals surface area contributed by atoms with Gasteiger partial charge in [0.1, 0.15) is 0 Å². The number of aromatic nitrogens is 2. The molecule has 2 nitrogen and oxygen atoms in total. The minimum absolute atomic E-state index is 0.427. The van der Waals surface area contributed by atoms with E-state index in [9.17, 15) is 0 Å². The van der Waals surface area contributed by atoms with Crippen molar-refractivity contribution in [3.05, 3.63) is 60.2 Å². The average Bonchev–Trinajstić information content (AvgIpc) is 2.80. The summed E-state index contributed by atoms with van der Waals surface area (Å²) in [4.78, 5) is 0.855. The van der Waals surface area contributed by atoms with Gasteiger partial charge in [-0.3, -0.25) is 0 Å². The number of unbranched alkanes of at least 4 members (excludes halogenated alkanes) is 7. The quantitative estimate of drug-likeness (QED) is 0.124. The molecule has 30 heavy (non-hydrogen) atoms. The van der Waals surface area contributed by atoms with Crippen LogP contribution in [0.4, 0.5) is 0 Å². The summed E-state index contributed by atoms with van der Waals surface area (Å²) in [7, 11) is 0. The summed E-state index contributed by atoms with van der Waals surface area (Å²) >= 11 is 7.67. The molecule has 0 N–H and O–H groups in total. The molecule has 0 aromatic carbocycles. The zero-order valence-corrected chi connectivity index (χ0v) is 22.1. The summed E-state index contributed by atoms with van der Waals surface area (Å²) in [5, 5.41) is 0. The Bertz CT molecular complexity index is 624. The van der Waals surface area contributed by atoms with Crippen molar-refractivity contribution in [1.29, 1.82) is 0 Å². The number of nitrogens with zero attached hydrogens (tertiary/aromatic N) is 2. The molecule has 2 rings (SSSR count). The first-order valence-corrected chi connectivity index (χ1v) is 13.7. The van der Waals surface area contributed by atoms with Crippen LogP contribution in [-0.2, 0) is 12.8 Å². The van der Waals surface area contributed by atoms with Crippen LogP contribution in [0, 0.1) is 0 Å². The van der Waals surface area contributed by atoms with Gasteiger partial charge in [-0.1, -0.05) is 52.4 Å². The minimum atomic E-state index is 0.427. The van der Waals surface area contributed by atoms with Crippen LogP contribution in [0.2, 0.25) is 0 Å². The fourth-order valence-corrected chi connectivity index (χ4v) is 4.96. The van der Waals surface area contributed by atoms with E-state index in [0.717, 1.165) is 12.8 Å². The largest absolute Gasteiger partial charge is 0.211 e. The van der Waals surface area contributed by atoms with Crippen LogP contribution in [0.3, 0.4) is 0 Å². The van der Waals surface area contributed by atoms with Crippen LogP contribution in [-0.4, -0.2) is 0 Å². The molecular formula is C26H40Br2N2+2. The smallest absolute Gasteiger partial charge is 0.192 e. The van der Waals surface area contributed by atoms with E-state index < -0.39 is 0 Å². The van der Waals surface area contributed by atoms with Gasteiger partial charge in [0.2, 0.25) is 9.90 Å². The molecule has 0 fully saturated rings. The first kappa shape index (κ1) is 25.5. The van der Waals surface area contributed by atoms with Crippen LogP contribution in [0.1, 0.15) is 99.1 Å². The Labute approximate surface area is 201 Å². The molecule has 2 aromatic heterocycles. The fraction of sp³-hybridized carbons (Fsp3) is 0.615. The molecule has 2 heterocycles. The Morgan fingerprint density at radius 1 is 0.567 bits per heavy atom. The van der Waals surface area contributed by atoms with Gasteiger partial charge in [0.25, 0.3) is 0 Å². The van der Waals surface area contributed by atoms with E-state index in [0.29, 0.717) is 9.90 Å². The molecule has 2 atom stereocenters. The summed E-state index contributed by atoms with van der Waals surface area (Å²) in [6.07, 6.45) is 24.3. The summed E-state index contributed by atoms with van der Waals surface area (Å²) in [6, 6.07) is 8.92. The second-order valence-electron chi connectivity index (χ2n) is 8.29. The third kappa shape index (κ3) is 9.60. The van der Waals surface area contributed by atoms with E-state index in [4.69, 9.17) is 0 Å². The van der Waals surface area contributed by atoms with Gasteiger partial charge in [0.05, 0.1) is 0 Å². The normalized spacial score (nSPS) is 13.3. The lowest BCUT2D eigenvalue weighted by Gasteiger charge is -2.07. The molecular weight excluding hydrogens is 500 g/mol. The lowest BCUT2D eigenvalue weighted by Crippen LogP contribution is -2.35. The molecule has 0 aliphatic heterocycles. The van der Waals surface area contributed by atoms with Gasteiger partial charge in [-0.25, -0.2) is 0 Å². The van der Waals surface area contributed by atoms with Crippen LogP contribution in [0.25, 0.3) is 0 Å². The van der Waals surface area contributed by atoms with Gasteiger partial charge in [0, 0.05) is 37.1 Å². The third-order valence-corrected chi connectivity index (χ3v) is 7.80. The van der Waals surface area contributed by atoms with E-state index in [1.165, 1.54) is 75.3 Å². The van der Waals surface area contributed by atoms with Gasteiger partial charge in [-0.15, -0.1) is 0 Å². The fourth-order valence-electron chi connectivity index (χ4n) is 3.77. The highest BCUT2D eigenvalue weighted by Crippen LogP contribution is 2.19. The molecule has 0 bridgehead atoms. The Balaban J connectivity index is 1.45. The SMILES string of the molecule is CCc1cc[n+](C(Br)CCCCCCCCCCC(Br)[n+]2ccc(CC)cc2)cc1. The first-order valence-electron chi connectivity index (χ1n) is 11.9. The Morgan fingerprint density at radius 2 is 0.867 bits per heavy atom. The predicted octanol–water partition coefficient (Wildman–Crippen LogP) is 7.77. The molecule has 0 amide bonds. The Kier molecular flexibility index (Phi) is 12.9. The molecule has 0 spiro atoms. The Morgan fingerprint density at radius 3 is 1.17 bits per heavy atom. The number of rotatable bonds is 15. The zero-order valence-electron chi connectivity index (χ0n) is 18.9. The second kappa shape index (κ2) is 15.1. The summed E-state index contributed by atoms with van der Waals surface area (Å²) in [5.74, 6) is 0. The molecule has 4 heteroatoms. The third-order valence-electron chi connectivity index (χ3n) is 5.94. The average molecular weight is 540 g/mol. The maximum atomic E-state index is 3.84. The van der Waals surface area contributed by atoms with E-state index in [2.05, 4.69) is 104 Å². The molecule has 0 aliphatic carbocycles. The first-order chi connectivity index (χ1) is 14.6. The topological polar surface area (TPSA) is 7.76 Å². The molecule has 0 aliphatic rings. The van der Waals surface area contributed by atoms with Crippen molar-refractivity contribution in [1.82, 2.24) is 0 Å². The zero-order chi connectivity index (χ0) is 21.6. The number of alkyl halides is 2. The van der Waals surface area contributed by atoms with Crippen molar-refractivity contribution in [3.63, 3.8) is 0 Å². The van der Waals surface area contributed by atoms with Crippen molar-refractivity contribution >= 4 is 31.9 Å². The Hall–Kier alpha value is -0.740. The lowest BCUT2D eigenvalue weighted by atomic mass is 10.1. The monoisotopic (exact) mass is 538 g/mol. The van der Waals surface area contributed by atoms with E-state index in [-0.39, 0.29) is 0 Å². The maximum absolute atomic E-state index is 3.84. The summed E-state index contributed by atoms with van der Waals surface area (Å²) in [5.41, 5.74) is 2.81.